The van der Waals surface area contributed by atoms with Crippen LogP contribution in [0.4, 0.5) is 0 Å². The van der Waals surface area contributed by atoms with Crippen molar-refractivity contribution in [2.24, 2.45) is 0 Å². The van der Waals surface area contributed by atoms with E-state index < -0.39 is 22.0 Å². The summed E-state index contributed by atoms with van der Waals surface area (Å²) in [5.74, 6) is -0.461. The van der Waals surface area contributed by atoms with Crippen molar-refractivity contribution in [2.75, 3.05) is 13.1 Å². The third kappa shape index (κ3) is 5.04. The van der Waals surface area contributed by atoms with E-state index in [4.69, 9.17) is 11.6 Å². The number of rotatable bonds is 7. The standard InChI is InChI=1S/C18H21ClN2O4S/c1-3-21-26(24,25)15-8-7-12(2)16(10-15)18(23)20-11-17(22)13-5-4-6-14(19)9-13/h4-10,17,21-22H,3,11H2,1-2H3,(H,20,23)/t17-/m1/s1. The molecular weight excluding hydrogens is 376 g/mol. The number of aliphatic hydroxyl groups excluding tert-OH is 1. The van der Waals surface area contributed by atoms with Crippen LogP contribution in [0.3, 0.4) is 0 Å². The molecule has 0 radical (unpaired) electrons. The molecule has 2 rings (SSSR count). The van der Waals surface area contributed by atoms with Crippen LogP contribution in [0.2, 0.25) is 5.02 Å². The Hall–Kier alpha value is -1.93. The topological polar surface area (TPSA) is 95.5 Å². The van der Waals surface area contributed by atoms with Crippen molar-refractivity contribution >= 4 is 27.5 Å². The normalized spacial score (nSPS) is 12.6. The molecule has 0 aromatic heterocycles. The number of nitrogens with one attached hydrogen (secondary N) is 2. The quantitative estimate of drug-likeness (QED) is 0.669. The fraction of sp³-hybridized carbons (Fsp3) is 0.278. The van der Waals surface area contributed by atoms with Crippen LogP contribution in [0, 0.1) is 6.92 Å². The smallest absolute Gasteiger partial charge is 0.251 e. The number of benzene rings is 2. The third-order valence-electron chi connectivity index (χ3n) is 3.79. The molecule has 0 fully saturated rings. The van der Waals surface area contributed by atoms with E-state index in [0.717, 1.165) is 0 Å². The van der Waals surface area contributed by atoms with Gasteiger partial charge in [-0.2, -0.15) is 0 Å². The largest absolute Gasteiger partial charge is 0.387 e. The number of hydrogen-bond acceptors (Lipinski definition) is 4. The van der Waals surface area contributed by atoms with Crippen LogP contribution in [0.25, 0.3) is 0 Å². The van der Waals surface area contributed by atoms with Crippen molar-refractivity contribution in [3.8, 4) is 0 Å². The van der Waals surface area contributed by atoms with Gasteiger partial charge in [0.25, 0.3) is 5.91 Å². The predicted octanol–water partition coefficient (Wildman–Crippen LogP) is 2.41. The van der Waals surface area contributed by atoms with Crippen LogP contribution in [-0.4, -0.2) is 32.5 Å². The summed E-state index contributed by atoms with van der Waals surface area (Å²) in [5.41, 5.74) is 1.45. The number of aliphatic hydroxyl groups is 1. The highest BCUT2D eigenvalue weighted by molar-refractivity contribution is 7.89. The minimum atomic E-state index is -3.66. The van der Waals surface area contributed by atoms with Gasteiger partial charge in [0.2, 0.25) is 10.0 Å². The Morgan fingerprint density at radius 1 is 1.23 bits per heavy atom. The highest BCUT2D eigenvalue weighted by Crippen LogP contribution is 2.18. The van der Waals surface area contributed by atoms with Crippen molar-refractivity contribution in [3.05, 3.63) is 64.2 Å². The van der Waals surface area contributed by atoms with Gasteiger partial charge in [-0.25, -0.2) is 13.1 Å². The van der Waals surface area contributed by atoms with Gasteiger partial charge in [-0.1, -0.05) is 36.7 Å². The number of carbonyl (C=O) groups excluding carboxylic acids is 1. The van der Waals surface area contributed by atoms with Crippen LogP contribution >= 0.6 is 11.6 Å². The van der Waals surface area contributed by atoms with Gasteiger partial charge in [0, 0.05) is 23.7 Å². The maximum Gasteiger partial charge on any atom is 0.251 e. The zero-order valence-corrected chi connectivity index (χ0v) is 16.1. The lowest BCUT2D eigenvalue weighted by Gasteiger charge is -2.14. The number of amides is 1. The maximum atomic E-state index is 12.4. The molecule has 1 amide bonds. The molecule has 26 heavy (non-hydrogen) atoms. The first kappa shape index (κ1) is 20.4. The Bertz CT molecular complexity index is 900. The molecule has 0 spiro atoms. The number of halogens is 1. The number of sulfonamides is 1. The zero-order valence-electron chi connectivity index (χ0n) is 14.5. The summed E-state index contributed by atoms with van der Waals surface area (Å²) in [6.07, 6.45) is -0.924. The Labute approximate surface area is 158 Å². The Morgan fingerprint density at radius 2 is 1.96 bits per heavy atom. The predicted molar refractivity (Wildman–Crippen MR) is 101 cm³/mol. The second-order valence-corrected chi connectivity index (χ2v) is 7.96. The highest BCUT2D eigenvalue weighted by Gasteiger charge is 2.18. The summed E-state index contributed by atoms with van der Waals surface area (Å²) < 4.78 is 26.6. The molecule has 0 saturated carbocycles. The summed E-state index contributed by atoms with van der Waals surface area (Å²) >= 11 is 5.89. The maximum absolute atomic E-state index is 12.4. The summed E-state index contributed by atoms with van der Waals surface area (Å²) in [6, 6.07) is 11.1. The van der Waals surface area contributed by atoms with E-state index in [-0.39, 0.29) is 23.5 Å². The number of aryl methyl sites for hydroxylation is 1. The molecule has 8 heteroatoms. The lowest BCUT2D eigenvalue weighted by molar-refractivity contribution is 0.0915. The lowest BCUT2D eigenvalue weighted by Crippen LogP contribution is -2.29. The Kier molecular flexibility index (Phi) is 6.77. The van der Waals surface area contributed by atoms with Crippen molar-refractivity contribution in [1.82, 2.24) is 10.0 Å². The molecule has 0 aliphatic carbocycles. The summed E-state index contributed by atoms with van der Waals surface area (Å²) in [6.45, 7) is 3.62. The van der Waals surface area contributed by atoms with E-state index >= 15 is 0 Å². The monoisotopic (exact) mass is 396 g/mol. The Morgan fingerprint density at radius 3 is 2.62 bits per heavy atom. The average Bonchev–Trinajstić information content (AvgIpc) is 2.59. The molecule has 140 valence electrons. The molecule has 0 bridgehead atoms. The molecule has 3 N–H and O–H groups in total. The average molecular weight is 397 g/mol. The van der Waals surface area contributed by atoms with Crippen LogP contribution in [0.1, 0.15) is 34.5 Å². The van der Waals surface area contributed by atoms with E-state index in [1.54, 1.807) is 44.2 Å². The first-order valence-electron chi connectivity index (χ1n) is 8.06. The minimum Gasteiger partial charge on any atom is -0.387 e. The molecule has 0 aliphatic heterocycles. The molecule has 2 aromatic rings. The molecule has 0 saturated heterocycles. The summed E-state index contributed by atoms with van der Waals surface area (Å²) in [5, 5.41) is 13.3. The first-order valence-corrected chi connectivity index (χ1v) is 9.92. The van der Waals surface area contributed by atoms with E-state index in [0.29, 0.717) is 16.1 Å². The van der Waals surface area contributed by atoms with Crippen LogP contribution in [0.5, 0.6) is 0 Å². The molecule has 6 nitrogen and oxygen atoms in total. The van der Waals surface area contributed by atoms with Crippen molar-refractivity contribution in [1.29, 1.82) is 0 Å². The fourth-order valence-electron chi connectivity index (χ4n) is 2.40. The van der Waals surface area contributed by atoms with Gasteiger partial charge >= 0.3 is 0 Å². The number of hydrogen-bond donors (Lipinski definition) is 3. The van der Waals surface area contributed by atoms with E-state index in [2.05, 4.69) is 10.0 Å². The first-order chi connectivity index (χ1) is 12.2. The van der Waals surface area contributed by atoms with Gasteiger partial charge in [-0.15, -0.1) is 0 Å². The molecule has 0 heterocycles. The zero-order chi connectivity index (χ0) is 19.3. The fourth-order valence-corrected chi connectivity index (χ4v) is 3.67. The van der Waals surface area contributed by atoms with Gasteiger partial charge in [0.05, 0.1) is 11.0 Å². The van der Waals surface area contributed by atoms with Gasteiger partial charge in [-0.3, -0.25) is 4.79 Å². The van der Waals surface area contributed by atoms with Gasteiger partial charge in [-0.05, 0) is 42.3 Å². The van der Waals surface area contributed by atoms with Gasteiger partial charge < -0.3 is 10.4 Å². The van der Waals surface area contributed by atoms with Crippen molar-refractivity contribution < 1.29 is 18.3 Å². The van der Waals surface area contributed by atoms with E-state index in [1.807, 2.05) is 0 Å². The summed E-state index contributed by atoms with van der Waals surface area (Å²) in [4.78, 5) is 12.5. The van der Waals surface area contributed by atoms with Gasteiger partial charge in [0.15, 0.2) is 0 Å². The number of carbonyl (C=O) groups is 1. The van der Waals surface area contributed by atoms with Crippen molar-refractivity contribution in [2.45, 2.75) is 24.8 Å². The molecule has 2 aromatic carbocycles. The third-order valence-corrected chi connectivity index (χ3v) is 5.57. The second kappa shape index (κ2) is 8.64. The molecule has 0 aliphatic rings. The SMILES string of the molecule is CCNS(=O)(=O)c1ccc(C)c(C(=O)NC[C@@H](O)c2cccc(Cl)c2)c1. The van der Waals surface area contributed by atoms with Crippen LogP contribution in [0.15, 0.2) is 47.4 Å². The van der Waals surface area contributed by atoms with E-state index in [9.17, 15) is 18.3 Å². The Balaban J connectivity index is 2.14. The van der Waals surface area contributed by atoms with Crippen molar-refractivity contribution in [3.63, 3.8) is 0 Å². The second-order valence-electron chi connectivity index (χ2n) is 5.76. The van der Waals surface area contributed by atoms with E-state index in [1.165, 1.54) is 12.1 Å². The minimum absolute atomic E-state index is 0.0190. The van der Waals surface area contributed by atoms with Crippen LogP contribution in [-0.2, 0) is 10.0 Å². The summed E-state index contributed by atoms with van der Waals surface area (Å²) in [7, 11) is -3.66. The molecular formula is C18H21ClN2O4S. The molecule has 1 atom stereocenters. The lowest BCUT2D eigenvalue weighted by atomic mass is 10.1. The molecule has 0 unspecified atom stereocenters. The van der Waals surface area contributed by atoms with Crippen LogP contribution < -0.4 is 10.0 Å². The highest BCUT2D eigenvalue weighted by atomic mass is 35.5. The van der Waals surface area contributed by atoms with Gasteiger partial charge in [0.1, 0.15) is 0 Å².